The van der Waals surface area contributed by atoms with E-state index in [0.29, 0.717) is 16.8 Å². The summed E-state index contributed by atoms with van der Waals surface area (Å²) < 4.78 is 41.5. The molecule has 0 bridgehead atoms. The van der Waals surface area contributed by atoms with Crippen LogP contribution in [0, 0.1) is 19.7 Å². The van der Waals surface area contributed by atoms with Gasteiger partial charge in [0.05, 0.1) is 10.6 Å². The quantitative estimate of drug-likeness (QED) is 0.638. The van der Waals surface area contributed by atoms with Gasteiger partial charge in [0.1, 0.15) is 5.82 Å². The maximum atomic E-state index is 13.7. The molecule has 0 radical (unpaired) electrons. The molecule has 0 spiro atoms. The van der Waals surface area contributed by atoms with E-state index in [1.165, 1.54) is 24.3 Å². The lowest BCUT2D eigenvalue weighted by atomic mass is 10.1. The molecule has 3 aromatic carbocycles. The number of aryl methyl sites for hydroxylation is 2. The second kappa shape index (κ2) is 8.45. The van der Waals surface area contributed by atoms with Crippen LogP contribution in [0.4, 0.5) is 10.1 Å². The molecule has 0 atom stereocenters. The van der Waals surface area contributed by atoms with Crippen LogP contribution in [0.2, 0.25) is 0 Å². The average molecular weight is 412 g/mol. The molecule has 0 aliphatic carbocycles. The fourth-order valence-corrected chi connectivity index (χ4v) is 3.84. The number of sulfonamides is 1. The number of carbonyl (C=O) groups excluding carboxylic acids is 1. The minimum absolute atomic E-state index is 0.0316. The summed E-state index contributed by atoms with van der Waals surface area (Å²) in [7, 11) is -3.79. The number of anilines is 1. The lowest BCUT2D eigenvalue weighted by Gasteiger charge is -2.13. The highest BCUT2D eigenvalue weighted by atomic mass is 32.2. The van der Waals surface area contributed by atoms with Crippen LogP contribution in [0.1, 0.15) is 27.0 Å². The zero-order valence-electron chi connectivity index (χ0n) is 16.1. The number of rotatable bonds is 6. The van der Waals surface area contributed by atoms with Gasteiger partial charge in [0.15, 0.2) is 0 Å². The van der Waals surface area contributed by atoms with Crippen LogP contribution in [0.3, 0.4) is 0 Å². The van der Waals surface area contributed by atoms with Crippen molar-refractivity contribution < 1.29 is 17.6 Å². The Bertz CT molecular complexity index is 1140. The highest BCUT2D eigenvalue weighted by Gasteiger charge is 2.16. The summed E-state index contributed by atoms with van der Waals surface area (Å²) in [5.74, 6) is -0.827. The van der Waals surface area contributed by atoms with Crippen molar-refractivity contribution in [3.63, 3.8) is 0 Å². The van der Waals surface area contributed by atoms with Crippen molar-refractivity contribution in [3.05, 3.63) is 94.8 Å². The molecule has 0 aromatic heterocycles. The fraction of sp³-hybridized carbons (Fsp3) is 0.136. The molecule has 0 fully saturated rings. The molecule has 29 heavy (non-hydrogen) atoms. The third kappa shape index (κ3) is 5.00. The van der Waals surface area contributed by atoms with E-state index in [1.54, 1.807) is 49.4 Å². The van der Waals surface area contributed by atoms with Gasteiger partial charge in [0, 0.05) is 17.7 Å². The van der Waals surface area contributed by atoms with E-state index in [-0.39, 0.29) is 17.0 Å². The van der Waals surface area contributed by atoms with Crippen LogP contribution in [-0.4, -0.2) is 14.3 Å². The van der Waals surface area contributed by atoms with E-state index in [1.807, 2.05) is 6.92 Å². The number of carbonyl (C=O) groups is 1. The first-order chi connectivity index (χ1) is 13.8. The summed E-state index contributed by atoms with van der Waals surface area (Å²) in [5.41, 5.74) is 2.57. The van der Waals surface area contributed by atoms with Gasteiger partial charge in [-0.05, 0) is 49.7 Å². The molecule has 3 aromatic rings. The van der Waals surface area contributed by atoms with Crippen LogP contribution in [-0.2, 0) is 16.6 Å². The third-order valence-corrected chi connectivity index (χ3v) is 5.85. The van der Waals surface area contributed by atoms with E-state index < -0.39 is 21.7 Å². The Morgan fingerprint density at radius 1 is 0.966 bits per heavy atom. The average Bonchev–Trinajstić information content (AvgIpc) is 2.69. The monoisotopic (exact) mass is 412 g/mol. The number of hydrogen-bond donors (Lipinski definition) is 2. The van der Waals surface area contributed by atoms with Gasteiger partial charge in [-0.2, -0.15) is 0 Å². The Balaban J connectivity index is 1.78. The highest BCUT2D eigenvalue weighted by molar-refractivity contribution is 7.92. The predicted molar refractivity (Wildman–Crippen MR) is 111 cm³/mol. The molecule has 150 valence electrons. The lowest BCUT2D eigenvalue weighted by molar-refractivity contribution is 0.0950. The number of benzene rings is 3. The van der Waals surface area contributed by atoms with Crippen molar-refractivity contribution in [2.75, 3.05) is 4.72 Å². The van der Waals surface area contributed by atoms with Crippen LogP contribution < -0.4 is 10.0 Å². The maximum absolute atomic E-state index is 13.7. The first-order valence-electron chi connectivity index (χ1n) is 8.98. The topological polar surface area (TPSA) is 75.3 Å². The Kier molecular flexibility index (Phi) is 5.98. The van der Waals surface area contributed by atoms with Gasteiger partial charge in [-0.25, -0.2) is 12.8 Å². The second-order valence-electron chi connectivity index (χ2n) is 6.72. The second-order valence-corrected chi connectivity index (χ2v) is 8.40. The van der Waals surface area contributed by atoms with Crippen molar-refractivity contribution >= 4 is 21.6 Å². The van der Waals surface area contributed by atoms with Gasteiger partial charge in [0.2, 0.25) is 0 Å². The molecule has 5 nitrogen and oxygen atoms in total. The largest absolute Gasteiger partial charge is 0.348 e. The summed E-state index contributed by atoms with van der Waals surface area (Å²) in [6.07, 6.45) is 0. The van der Waals surface area contributed by atoms with Gasteiger partial charge in [-0.15, -0.1) is 0 Å². The Morgan fingerprint density at radius 2 is 1.66 bits per heavy atom. The van der Waals surface area contributed by atoms with E-state index in [2.05, 4.69) is 10.0 Å². The van der Waals surface area contributed by atoms with Crippen molar-refractivity contribution in [1.29, 1.82) is 0 Å². The minimum Gasteiger partial charge on any atom is -0.348 e. The molecule has 0 aliphatic rings. The Hall–Kier alpha value is -3.19. The highest BCUT2D eigenvalue weighted by Crippen LogP contribution is 2.22. The normalized spacial score (nSPS) is 11.1. The van der Waals surface area contributed by atoms with Crippen molar-refractivity contribution in [1.82, 2.24) is 5.32 Å². The van der Waals surface area contributed by atoms with E-state index in [9.17, 15) is 17.6 Å². The van der Waals surface area contributed by atoms with Crippen LogP contribution >= 0.6 is 0 Å². The summed E-state index contributed by atoms with van der Waals surface area (Å²) in [4.78, 5) is 12.6. The molecule has 0 saturated heterocycles. The molecule has 1 amide bonds. The predicted octanol–water partition coefficient (Wildman–Crippen LogP) is 4.17. The van der Waals surface area contributed by atoms with Crippen molar-refractivity contribution in [2.24, 2.45) is 0 Å². The first-order valence-corrected chi connectivity index (χ1v) is 10.5. The van der Waals surface area contributed by atoms with Gasteiger partial charge in [-0.1, -0.05) is 42.0 Å². The Morgan fingerprint density at radius 3 is 2.34 bits per heavy atom. The molecule has 0 aliphatic heterocycles. The van der Waals surface area contributed by atoms with Gasteiger partial charge in [0.25, 0.3) is 15.9 Å². The molecule has 2 N–H and O–H groups in total. The third-order valence-electron chi connectivity index (χ3n) is 4.47. The zero-order valence-corrected chi connectivity index (χ0v) is 16.9. The van der Waals surface area contributed by atoms with E-state index in [4.69, 9.17) is 0 Å². The number of halogens is 1. The van der Waals surface area contributed by atoms with E-state index >= 15 is 0 Å². The molecule has 7 heteroatoms. The molecular formula is C22H21FN2O3S. The molecular weight excluding hydrogens is 391 g/mol. The summed E-state index contributed by atoms with van der Waals surface area (Å²) >= 11 is 0. The van der Waals surface area contributed by atoms with Gasteiger partial charge < -0.3 is 5.32 Å². The maximum Gasteiger partial charge on any atom is 0.261 e. The standard InChI is InChI=1S/C22H21FN2O3S/c1-15-7-11-19(12-8-15)29(27,28)25-21-13-17(10-9-16(21)2)22(26)24-14-18-5-3-4-6-20(18)23/h3-13,25H,14H2,1-2H3,(H,24,26). The summed E-state index contributed by atoms with van der Waals surface area (Å²) in [5, 5.41) is 2.65. The minimum atomic E-state index is -3.79. The molecule has 0 unspecified atom stereocenters. The van der Waals surface area contributed by atoms with Gasteiger partial charge >= 0.3 is 0 Å². The number of nitrogens with one attached hydrogen (secondary N) is 2. The molecule has 3 rings (SSSR count). The Labute approximate surface area is 169 Å². The summed E-state index contributed by atoms with van der Waals surface area (Å²) in [6.45, 7) is 3.65. The lowest BCUT2D eigenvalue weighted by Crippen LogP contribution is -2.23. The van der Waals surface area contributed by atoms with Crippen LogP contribution in [0.25, 0.3) is 0 Å². The number of amides is 1. The first kappa shape index (κ1) is 20.5. The fourth-order valence-electron chi connectivity index (χ4n) is 2.71. The van der Waals surface area contributed by atoms with Crippen molar-refractivity contribution in [3.8, 4) is 0 Å². The number of hydrogen-bond acceptors (Lipinski definition) is 3. The zero-order chi connectivity index (χ0) is 21.0. The van der Waals surface area contributed by atoms with Crippen molar-refractivity contribution in [2.45, 2.75) is 25.3 Å². The summed E-state index contributed by atoms with van der Waals surface area (Å²) in [6, 6.07) is 17.4. The SMILES string of the molecule is Cc1ccc(S(=O)(=O)Nc2cc(C(=O)NCc3ccccc3F)ccc2C)cc1. The molecule has 0 saturated carbocycles. The molecule has 0 heterocycles. The smallest absolute Gasteiger partial charge is 0.261 e. The van der Waals surface area contributed by atoms with E-state index in [0.717, 1.165) is 5.56 Å². The van der Waals surface area contributed by atoms with Crippen LogP contribution in [0.5, 0.6) is 0 Å². The van der Waals surface area contributed by atoms with Gasteiger partial charge in [-0.3, -0.25) is 9.52 Å². The van der Waals surface area contributed by atoms with Crippen LogP contribution in [0.15, 0.2) is 71.6 Å².